The Labute approximate surface area is 99.0 Å². The molecule has 0 amide bonds. The zero-order valence-electron chi connectivity index (χ0n) is 8.94. The van der Waals surface area contributed by atoms with Crippen molar-refractivity contribution in [2.45, 2.75) is 12.5 Å². The molecule has 1 aromatic carbocycles. The molecular weight excluding hydrogens is 228 g/mol. The predicted molar refractivity (Wildman–Crippen MR) is 63.1 cm³/mol. The fraction of sp³-hybridized carbons (Fsp3) is 0.364. The van der Waals surface area contributed by atoms with Gasteiger partial charge >= 0.3 is 0 Å². The lowest BCUT2D eigenvalue weighted by atomic mass is 10.0. The van der Waals surface area contributed by atoms with Crippen LogP contribution in [0.2, 0.25) is 5.02 Å². The molecule has 0 bridgehead atoms. The average molecular weight is 241 g/mol. The third-order valence-electron chi connectivity index (χ3n) is 2.48. The Morgan fingerprint density at radius 1 is 1.62 bits per heavy atom. The summed E-state index contributed by atoms with van der Waals surface area (Å²) >= 11 is 6.13. The minimum atomic E-state index is -0.0593. The van der Waals surface area contributed by atoms with Crippen LogP contribution in [-0.2, 0) is 4.84 Å². The Morgan fingerprint density at radius 3 is 3.06 bits per heavy atom. The molecule has 16 heavy (non-hydrogen) atoms. The maximum absolute atomic E-state index is 6.13. The van der Waals surface area contributed by atoms with Crippen LogP contribution in [0.25, 0.3) is 0 Å². The highest BCUT2D eigenvalue weighted by Gasteiger charge is 2.24. The van der Waals surface area contributed by atoms with Gasteiger partial charge in [0.25, 0.3) is 0 Å². The molecule has 0 radical (unpaired) electrons. The van der Waals surface area contributed by atoms with E-state index in [4.69, 9.17) is 26.9 Å². The van der Waals surface area contributed by atoms with Crippen molar-refractivity contribution in [3.8, 4) is 5.75 Å². The first kappa shape index (κ1) is 11.2. The summed E-state index contributed by atoms with van der Waals surface area (Å²) in [7, 11) is 1.60. The lowest BCUT2D eigenvalue weighted by Crippen LogP contribution is -2.20. The number of methoxy groups -OCH3 is 1. The van der Waals surface area contributed by atoms with Gasteiger partial charge < -0.3 is 15.3 Å². The van der Waals surface area contributed by atoms with Crippen LogP contribution < -0.4 is 10.5 Å². The van der Waals surface area contributed by atoms with Crippen molar-refractivity contribution in [1.29, 1.82) is 0 Å². The van der Waals surface area contributed by atoms with Gasteiger partial charge in [0, 0.05) is 13.0 Å². The maximum Gasteiger partial charge on any atom is 0.145 e. The zero-order chi connectivity index (χ0) is 11.5. The van der Waals surface area contributed by atoms with Crippen molar-refractivity contribution in [1.82, 2.24) is 0 Å². The molecular formula is C11H13ClN2O2. The van der Waals surface area contributed by atoms with E-state index in [0.29, 0.717) is 23.7 Å². The number of hydrogen-bond donors (Lipinski definition) is 1. The fourth-order valence-corrected chi connectivity index (χ4v) is 1.93. The smallest absolute Gasteiger partial charge is 0.145 e. The van der Waals surface area contributed by atoms with Crippen LogP contribution in [0, 0.1) is 0 Å². The zero-order valence-corrected chi connectivity index (χ0v) is 9.70. The quantitative estimate of drug-likeness (QED) is 0.877. The van der Waals surface area contributed by atoms with Gasteiger partial charge in [-0.3, -0.25) is 0 Å². The molecule has 1 aromatic rings. The molecule has 0 fully saturated rings. The molecule has 1 aliphatic rings. The number of benzene rings is 1. The molecule has 4 nitrogen and oxygen atoms in total. The average Bonchev–Trinajstić information content (AvgIpc) is 2.76. The van der Waals surface area contributed by atoms with Crippen LogP contribution in [-0.4, -0.2) is 25.5 Å². The SMILES string of the molecule is COc1cccc(Cl)c1C1=NOC(CN)C1. The van der Waals surface area contributed by atoms with Crippen molar-refractivity contribution < 1.29 is 9.57 Å². The number of hydrogen-bond acceptors (Lipinski definition) is 4. The van der Waals surface area contributed by atoms with Gasteiger partial charge in [0.1, 0.15) is 11.9 Å². The minimum absolute atomic E-state index is 0.0593. The summed E-state index contributed by atoms with van der Waals surface area (Å²) in [6.07, 6.45) is 0.604. The predicted octanol–water partition coefficient (Wildman–Crippen LogP) is 1.80. The van der Waals surface area contributed by atoms with Crippen molar-refractivity contribution in [3.63, 3.8) is 0 Å². The van der Waals surface area contributed by atoms with Crippen molar-refractivity contribution in [2.24, 2.45) is 10.9 Å². The largest absolute Gasteiger partial charge is 0.496 e. The van der Waals surface area contributed by atoms with E-state index in [9.17, 15) is 0 Å². The van der Waals surface area contributed by atoms with Gasteiger partial charge in [-0.25, -0.2) is 0 Å². The molecule has 0 aromatic heterocycles. The number of oxime groups is 1. The Morgan fingerprint density at radius 2 is 2.44 bits per heavy atom. The molecule has 1 heterocycles. The van der Waals surface area contributed by atoms with Gasteiger partial charge in [0.05, 0.1) is 23.4 Å². The summed E-state index contributed by atoms with van der Waals surface area (Å²) in [5.74, 6) is 0.701. The van der Waals surface area contributed by atoms with Gasteiger partial charge in [-0.05, 0) is 12.1 Å². The molecule has 1 unspecified atom stereocenters. The molecule has 1 atom stereocenters. The third kappa shape index (κ3) is 1.99. The van der Waals surface area contributed by atoms with E-state index in [2.05, 4.69) is 5.16 Å². The third-order valence-corrected chi connectivity index (χ3v) is 2.79. The highest BCUT2D eigenvalue weighted by molar-refractivity contribution is 6.34. The maximum atomic E-state index is 6.13. The number of nitrogens with two attached hydrogens (primary N) is 1. The van der Waals surface area contributed by atoms with Crippen LogP contribution >= 0.6 is 11.6 Å². The topological polar surface area (TPSA) is 56.8 Å². The Bertz CT molecular complexity index is 420. The van der Waals surface area contributed by atoms with Gasteiger partial charge in [0.2, 0.25) is 0 Å². The number of ether oxygens (including phenoxy) is 1. The number of halogens is 1. The molecule has 86 valence electrons. The minimum Gasteiger partial charge on any atom is -0.496 e. The second-order valence-electron chi connectivity index (χ2n) is 3.52. The standard InChI is InChI=1S/C11H13ClN2O2/c1-15-10-4-2-3-8(12)11(10)9-5-7(6-13)16-14-9/h2-4,7H,5-6,13H2,1H3. The van der Waals surface area contributed by atoms with E-state index in [1.807, 2.05) is 12.1 Å². The summed E-state index contributed by atoms with van der Waals surface area (Å²) in [5, 5.41) is 4.61. The highest BCUT2D eigenvalue weighted by Crippen LogP contribution is 2.30. The molecule has 2 N–H and O–H groups in total. The lowest BCUT2D eigenvalue weighted by molar-refractivity contribution is 0.0918. The molecule has 0 saturated heterocycles. The molecule has 0 spiro atoms. The lowest BCUT2D eigenvalue weighted by Gasteiger charge is -2.09. The Hall–Kier alpha value is -1.26. The van der Waals surface area contributed by atoms with Crippen LogP contribution in [0.5, 0.6) is 5.75 Å². The van der Waals surface area contributed by atoms with E-state index in [0.717, 1.165) is 11.3 Å². The molecule has 2 rings (SSSR count). The number of nitrogens with zero attached hydrogens (tertiary/aromatic N) is 1. The Kier molecular flexibility index (Phi) is 3.31. The highest BCUT2D eigenvalue weighted by atomic mass is 35.5. The fourth-order valence-electron chi connectivity index (χ4n) is 1.66. The normalized spacial score (nSPS) is 19.2. The molecule has 0 aliphatic carbocycles. The molecule has 0 saturated carbocycles. The van der Waals surface area contributed by atoms with Crippen LogP contribution in [0.15, 0.2) is 23.4 Å². The summed E-state index contributed by atoms with van der Waals surface area (Å²) in [5.41, 5.74) is 7.10. The van der Waals surface area contributed by atoms with Gasteiger partial charge in [-0.1, -0.05) is 22.8 Å². The van der Waals surface area contributed by atoms with E-state index < -0.39 is 0 Å². The van der Waals surface area contributed by atoms with E-state index in [1.165, 1.54) is 0 Å². The van der Waals surface area contributed by atoms with Crippen LogP contribution in [0.1, 0.15) is 12.0 Å². The van der Waals surface area contributed by atoms with Crippen molar-refractivity contribution >= 4 is 17.3 Å². The Balaban J connectivity index is 2.34. The molecule has 1 aliphatic heterocycles. The van der Waals surface area contributed by atoms with Crippen molar-refractivity contribution in [2.75, 3.05) is 13.7 Å². The van der Waals surface area contributed by atoms with Crippen molar-refractivity contribution in [3.05, 3.63) is 28.8 Å². The van der Waals surface area contributed by atoms with Gasteiger partial charge in [0.15, 0.2) is 0 Å². The summed E-state index contributed by atoms with van der Waals surface area (Å²) in [6.45, 7) is 0.444. The monoisotopic (exact) mass is 240 g/mol. The van der Waals surface area contributed by atoms with E-state index in [-0.39, 0.29) is 6.10 Å². The summed E-state index contributed by atoms with van der Waals surface area (Å²) in [4.78, 5) is 5.17. The van der Waals surface area contributed by atoms with Gasteiger partial charge in [-0.2, -0.15) is 0 Å². The van der Waals surface area contributed by atoms with Gasteiger partial charge in [-0.15, -0.1) is 0 Å². The second kappa shape index (κ2) is 4.72. The summed E-state index contributed by atoms with van der Waals surface area (Å²) in [6, 6.07) is 5.48. The first-order chi connectivity index (χ1) is 7.76. The first-order valence-corrected chi connectivity index (χ1v) is 5.39. The van der Waals surface area contributed by atoms with Crippen LogP contribution in [0.3, 0.4) is 0 Å². The van der Waals surface area contributed by atoms with E-state index in [1.54, 1.807) is 13.2 Å². The second-order valence-corrected chi connectivity index (χ2v) is 3.93. The summed E-state index contributed by atoms with van der Waals surface area (Å²) < 4.78 is 5.26. The molecule has 5 heteroatoms. The number of rotatable bonds is 3. The van der Waals surface area contributed by atoms with E-state index >= 15 is 0 Å². The first-order valence-electron chi connectivity index (χ1n) is 5.02. The van der Waals surface area contributed by atoms with Crippen LogP contribution in [0.4, 0.5) is 0 Å².